The minimum Gasteiger partial charge on any atom is -0.308 e. The van der Waals surface area contributed by atoms with Gasteiger partial charge in [0.1, 0.15) is 11.3 Å². The number of aryl methyl sites for hydroxylation is 1. The quantitative estimate of drug-likeness (QED) is 0.789. The van der Waals surface area contributed by atoms with E-state index >= 15 is 0 Å². The molecule has 0 bridgehead atoms. The van der Waals surface area contributed by atoms with Crippen LogP contribution in [0.3, 0.4) is 0 Å². The number of hydrogen-bond acceptors (Lipinski definition) is 4. The summed E-state index contributed by atoms with van der Waals surface area (Å²) in [5.74, 6) is 1.62. The summed E-state index contributed by atoms with van der Waals surface area (Å²) >= 11 is 5.90. The van der Waals surface area contributed by atoms with E-state index < -0.39 is 0 Å². The monoisotopic (exact) mass is 279 g/mol. The molecule has 6 heteroatoms. The smallest absolute Gasteiger partial charge is 0.130 e. The highest BCUT2D eigenvalue weighted by Gasteiger charge is 2.19. The van der Waals surface area contributed by atoms with Crippen molar-refractivity contribution in [3.63, 3.8) is 0 Å². The minimum atomic E-state index is 0.588. The van der Waals surface area contributed by atoms with Crippen LogP contribution < -0.4 is 5.01 Å². The molecule has 0 amide bonds. The number of imidazole rings is 1. The van der Waals surface area contributed by atoms with E-state index in [4.69, 9.17) is 11.6 Å². The zero-order valence-electron chi connectivity index (χ0n) is 11.1. The third-order valence-electron chi connectivity index (χ3n) is 3.58. The maximum absolute atomic E-state index is 5.90. The van der Waals surface area contributed by atoms with Crippen LogP contribution in [0, 0.1) is 0 Å². The number of nitrogens with zero attached hydrogens (tertiary/aromatic N) is 5. The summed E-state index contributed by atoms with van der Waals surface area (Å²) in [6.07, 6.45) is 4.42. The highest BCUT2D eigenvalue weighted by atomic mass is 35.5. The van der Waals surface area contributed by atoms with E-state index in [1.807, 2.05) is 18.5 Å². The lowest BCUT2D eigenvalue weighted by Gasteiger charge is -2.35. The number of likely N-dealkylation sites (N-methyl/N-ethyl adjacent to an activating group) is 1. The van der Waals surface area contributed by atoms with Crippen LogP contribution in [0.15, 0.2) is 18.5 Å². The molecule has 0 unspecified atom stereocenters. The van der Waals surface area contributed by atoms with E-state index in [2.05, 4.69) is 31.6 Å². The summed E-state index contributed by atoms with van der Waals surface area (Å²) in [7, 11) is 2.16. The molecule has 0 N–H and O–H groups in total. The van der Waals surface area contributed by atoms with E-state index in [0.717, 1.165) is 49.5 Å². The molecule has 3 rings (SSSR count). The van der Waals surface area contributed by atoms with Gasteiger partial charge in [-0.1, -0.05) is 0 Å². The Balaban J connectivity index is 2.02. The van der Waals surface area contributed by atoms with Gasteiger partial charge in [0.15, 0.2) is 0 Å². The van der Waals surface area contributed by atoms with Crippen LogP contribution in [-0.2, 0) is 6.42 Å². The van der Waals surface area contributed by atoms with Crippen molar-refractivity contribution >= 4 is 22.6 Å². The molecule has 2 aromatic rings. The number of pyridine rings is 1. The molecule has 1 fully saturated rings. The van der Waals surface area contributed by atoms with Gasteiger partial charge in [0.25, 0.3) is 0 Å². The predicted molar refractivity (Wildman–Crippen MR) is 77.4 cm³/mol. The molecule has 0 aliphatic carbocycles. The van der Waals surface area contributed by atoms with Gasteiger partial charge in [-0.25, -0.2) is 9.66 Å². The van der Waals surface area contributed by atoms with Crippen LogP contribution >= 0.6 is 11.6 Å². The van der Waals surface area contributed by atoms with Gasteiger partial charge in [-0.05, 0) is 13.1 Å². The first-order valence-electron chi connectivity index (χ1n) is 6.60. The van der Waals surface area contributed by atoms with Crippen molar-refractivity contribution in [1.82, 2.24) is 19.5 Å². The maximum atomic E-state index is 5.90. The van der Waals surface area contributed by atoms with Crippen molar-refractivity contribution in [1.29, 1.82) is 0 Å². The molecule has 0 aromatic carbocycles. The lowest BCUT2D eigenvalue weighted by Crippen LogP contribution is -2.50. The molecule has 1 aliphatic rings. The van der Waals surface area contributed by atoms with Gasteiger partial charge in [-0.3, -0.25) is 4.98 Å². The number of aromatic nitrogens is 3. The molecule has 0 atom stereocenters. The van der Waals surface area contributed by atoms with Gasteiger partial charge in [-0.15, -0.1) is 11.6 Å². The highest BCUT2D eigenvalue weighted by Crippen LogP contribution is 2.17. The Morgan fingerprint density at radius 3 is 2.79 bits per heavy atom. The van der Waals surface area contributed by atoms with Crippen LogP contribution in [0.1, 0.15) is 5.82 Å². The summed E-state index contributed by atoms with van der Waals surface area (Å²) < 4.78 is 2.23. The fourth-order valence-electron chi connectivity index (χ4n) is 2.53. The fourth-order valence-corrected chi connectivity index (χ4v) is 2.70. The molecule has 3 heterocycles. The first kappa shape index (κ1) is 12.7. The van der Waals surface area contributed by atoms with Crippen molar-refractivity contribution in [2.75, 3.05) is 44.1 Å². The Bertz CT molecular complexity index is 559. The van der Waals surface area contributed by atoms with Crippen molar-refractivity contribution in [2.45, 2.75) is 6.42 Å². The predicted octanol–water partition coefficient (Wildman–Crippen LogP) is 1.10. The number of halogens is 1. The molecule has 0 saturated carbocycles. The van der Waals surface area contributed by atoms with Gasteiger partial charge in [0.05, 0.1) is 11.7 Å². The van der Waals surface area contributed by atoms with Crippen LogP contribution in [0.2, 0.25) is 0 Å². The lowest BCUT2D eigenvalue weighted by atomic mass is 10.3. The second kappa shape index (κ2) is 5.35. The van der Waals surface area contributed by atoms with Gasteiger partial charge in [-0.2, -0.15) is 0 Å². The van der Waals surface area contributed by atoms with E-state index in [-0.39, 0.29) is 0 Å². The summed E-state index contributed by atoms with van der Waals surface area (Å²) in [5, 5.41) is 2.36. The van der Waals surface area contributed by atoms with Crippen molar-refractivity contribution < 1.29 is 0 Å². The average Bonchev–Trinajstić information content (AvgIpc) is 2.78. The molecular weight excluding hydrogens is 262 g/mol. The maximum Gasteiger partial charge on any atom is 0.130 e. The Labute approximate surface area is 117 Å². The molecule has 1 aliphatic heterocycles. The number of alkyl halides is 1. The normalized spacial score (nSPS) is 17.3. The molecule has 2 aromatic heterocycles. The Hall–Kier alpha value is -1.33. The van der Waals surface area contributed by atoms with Gasteiger partial charge in [0, 0.05) is 44.7 Å². The molecule has 19 heavy (non-hydrogen) atoms. The summed E-state index contributed by atoms with van der Waals surface area (Å²) in [4.78, 5) is 11.2. The highest BCUT2D eigenvalue weighted by molar-refractivity contribution is 6.17. The summed E-state index contributed by atoms with van der Waals surface area (Å²) in [5.41, 5.74) is 2.07. The second-order valence-electron chi connectivity index (χ2n) is 4.90. The summed E-state index contributed by atoms with van der Waals surface area (Å²) in [6.45, 7) is 4.18. The van der Waals surface area contributed by atoms with E-state index in [9.17, 15) is 0 Å². The van der Waals surface area contributed by atoms with Gasteiger partial charge >= 0.3 is 0 Å². The molecule has 0 radical (unpaired) electrons. The van der Waals surface area contributed by atoms with Crippen molar-refractivity contribution in [2.24, 2.45) is 0 Å². The lowest BCUT2D eigenvalue weighted by molar-refractivity contribution is 0.287. The average molecular weight is 280 g/mol. The van der Waals surface area contributed by atoms with Crippen molar-refractivity contribution in [3.8, 4) is 0 Å². The summed E-state index contributed by atoms with van der Waals surface area (Å²) in [6, 6.07) is 2.03. The van der Waals surface area contributed by atoms with Crippen LogP contribution in [0.5, 0.6) is 0 Å². The van der Waals surface area contributed by atoms with E-state index in [0.29, 0.717) is 5.88 Å². The van der Waals surface area contributed by atoms with E-state index in [1.165, 1.54) is 0 Å². The number of rotatable bonds is 3. The zero-order valence-corrected chi connectivity index (χ0v) is 11.8. The molecule has 1 saturated heterocycles. The van der Waals surface area contributed by atoms with Gasteiger partial charge in [0.2, 0.25) is 0 Å². The standard InChI is InChI=1S/C13H18ClN5/c1-17-6-8-18(9-7-17)19-12-3-5-15-10-11(12)16-13(19)2-4-14/h3,5,10H,2,4,6-9H2,1H3. The second-order valence-corrected chi connectivity index (χ2v) is 5.28. The van der Waals surface area contributed by atoms with Crippen molar-refractivity contribution in [3.05, 3.63) is 24.3 Å². The molecule has 0 spiro atoms. The third-order valence-corrected chi connectivity index (χ3v) is 3.77. The van der Waals surface area contributed by atoms with Crippen LogP contribution in [-0.4, -0.2) is 58.7 Å². The SMILES string of the molecule is CN1CCN(n2c(CCCl)nc3cnccc32)CC1. The minimum absolute atomic E-state index is 0.588. The third kappa shape index (κ3) is 2.40. The number of fused-ring (bicyclic) bond motifs is 1. The Morgan fingerprint density at radius 1 is 1.26 bits per heavy atom. The fraction of sp³-hybridized carbons (Fsp3) is 0.538. The largest absolute Gasteiger partial charge is 0.308 e. The molecular formula is C13H18ClN5. The van der Waals surface area contributed by atoms with Crippen LogP contribution in [0.4, 0.5) is 0 Å². The number of piperazine rings is 1. The number of hydrogen-bond donors (Lipinski definition) is 0. The Morgan fingerprint density at radius 2 is 2.05 bits per heavy atom. The topological polar surface area (TPSA) is 37.2 Å². The Kier molecular flexibility index (Phi) is 3.57. The van der Waals surface area contributed by atoms with Crippen LogP contribution in [0.25, 0.3) is 11.0 Å². The molecule has 102 valence electrons. The molecule has 5 nitrogen and oxygen atoms in total. The van der Waals surface area contributed by atoms with Gasteiger partial charge < -0.3 is 9.91 Å². The first-order valence-corrected chi connectivity index (χ1v) is 7.14. The first-order chi connectivity index (χ1) is 9.29. The zero-order chi connectivity index (χ0) is 13.2. The van der Waals surface area contributed by atoms with E-state index in [1.54, 1.807) is 0 Å².